The molecule has 4 nitrogen and oxygen atoms in total. The molecule has 0 fully saturated rings. The number of unbranched alkanes of at least 4 members (excludes halogenated alkanes) is 1. The second-order valence-electron chi connectivity index (χ2n) is 3.89. The fraction of sp³-hybridized carbons (Fsp3) is 0.333. The van der Waals surface area contributed by atoms with Crippen molar-refractivity contribution in [3.63, 3.8) is 0 Å². The number of rotatable bonds is 6. The average molecular weight is 248 g/mol. The molecule has 1 aromatic heterocycles. The highest BCUT2D eigenvalue weighted by Crippen LogP contribution is 2.20. The van der Waals surface area contributed by atoms with Crippen LogP contribution >= 0.6 is 11.8 Å². The third-order valence-corrected chi connectivity index (χ3v) is 3.41. The number of aromatic nitrogens is 2. The molecule has 0 bridgehead atoms. The molecule has 2 rings (SSSR count). The van der Waals surface area contributed by atoms with Crippen molar-refractivity contribution in [1.82, 2.24) is 9.97 Å². The number of para-hydroxylation sites is 2. The van der Waals surface area contributed by atoms with E-state index < -0.39 is 0 Å². The predicted octanol–water partition coefficient (Wildman–Crippen LogP) is 2.76. The van der Waals surface area contributed by atoms with Crippen LogP contribution in [-0.4, -0.2) is 21.6 Å². The predicted molar refractivity (Wildman–Crippen MR) is 72.6 cm³/mol. The maximum Gasteiger partial charge on any atom is 0.166 e. The van der Waals surface area contributed by atoms with E-state index in [0.29, 0.717) is 6.42 Å². The summed E-state index contributed by atoms with van der Waals surface area (Å²) in [5.41, 5.74) is 7.39. The summed E-state index contributed by atoms with van der Waals surface area (Å²) in [6, 6.07) is 8.03. The minimum atomic E-state index is 0.277. The van der Waals surface area contributed by atoms with E-state index in [1.54, 1.807) is 11.8 Å². The molecule has 4 N–H and O–H groups in total. The lowest BCUT2D eigenvalue weighted by molar-refractivity contribution is 0.835. The molecule has 0 aliphatic heterocycles. The van der Waals surface area contributed by atoms with Gasteiger partial charge in [-0.05, 0) is 25.0 Å². The van der Waals surface area contributed by atoms with Crippen LogP contribution in [0.2, 0.25) is 0 Å². The lowest BCUT2D eigenvalue weighted by atomic mass is 10.2. The second kappa shape index (κ2) is 5.72. The summed E-state index contributed by atoms with van der Waals surface area (Å²) in [4.78, 5) is 7.77. The van der Waals surface area contributed by atoms with Crippen LogP contribution in [0.4, 0.5) is 0 Å². The molecule has 0 spiro atoms. The minimum Gasteiger partial charge on any atom is -0.388 e. The highest BCUT2D eigenvalue weighted by molar-refractivity contribution is 7.99. The van der Waals surface area contributed by atoms with Gasteiger partial charge in [0, 0.05) is 12.2 Å². The number of nitrogens with two attached hydrogens (primary N) is 1. The van der Waals surface area contributed by atoms with Gasteiger partial charge in [0.1, 0.15) is 0 Å². The molecular weight excluding hydrogens is 232 g/mol. The molecule has 0 radical (unpaired) electrons. The molecule has 0 aliphatic rings. The fourth-order valence-electron chi connectivity index (χ4n) is 1.58. The van der Waals surface area contributed by atoms with Gasteiger partial charge in [0.05, 0.1) is 16.9 Å². The summed E-state index contributed by atoms with van der Waals surface area (Å²) in [5, 5.41) is 8.09. The van der Waals surface area contributed by atoms with E-state index in [9.17, 15) is 0 Å². The maximum absolute atomic E-state index is 7.12. The van der Waals surface area contributed by atoms with Gasteiger partial charge in [-0.1, -0.05) is 23.9 Å². The topological polar surface area (TPSA) is 78.6 Å². The molecule has 2 aromatic rings. The van der Waals surface area contributed by atoms with Crippen molar-refractivity contribution >= 4 is 28.6 Å². The Hall–Kier alpha value is -1.49. The lowest BCUT2D eigenvalue weighted by Gasteiger charge is -1.98. The van der Waals surface area contributed by atoms with Crippen molar-refractivity contribution in [1.29, 1.82) is 5.41 Å². The number of fused-ring (bicyclic) bond motifs is 1. The Bertz CT molecular complexity index is 473. The third kappa shape index (κ3) is 3.49. The van der Waals surface area contributed by atoms with Gasteiger partial charge in [-0.3, -0.25) is 5.41 Å². The van der Waals surface area contributed by atoms with Crippen LogP contribution in [-0.2, 0) is 0 Å². The molecule has 0 unspecified atom stereocenters. The van der Waals surface area contributed by atoms with Gasteiger partial charge in [0.2, 0.25) is 0 Å². The van der Waals surface area contributed by atoms with Crippen LogP contribution in [0.3, 0.4) is 0 Å². The Morgan fingerprint density at radius 3 is 2.94 bits per heavy atom. The number of imidazole rings is 1. The van der Waals surface area contributed by atoms with Gasteiger partial charge in [-0.15, -0.1) is 0 Å². The van der Waals surface area contributed by atoms with Crippen molar-refractivity contribution < 1.29 is 0 Å². The van der Waals surface area contributed by atoms with E-state index in [4.69, 9.17) is 11.1 Å². The molecule has 0 saturated heterocycles. The molecule has 0 amide bonds. The number of H-pyrrole nitrogens is 1. The number of aromatic amines is 1. The summed E-state index contributed by atoms with van der Waals surface area (Å²) in [5.74, 6) is 1.28. The number of nitrogens with zero attached hydrogens (tertiary/aromatic N) is 1. The molecular formula is C12H16N4S. The SMILES string of the molecule is N=C(N)CCCCSc1nc2ccccc2[nH]1. The van der Waals surface area contributed by atoms with Crippen LogP contribution in [0.1, 0.15) is 19.3 Å². The Balaban J connectivity index is 1.81. The Labute approximate surface area is 105 Å². The van der Waals surface area contributed by atoms with Gasteiger partial charge in [0.15, 0.2) is 5.16 Å². The normalized spacial score (nSPS) is 10.8. The maximum atomic E-state index is 7.12. The van der Waals surface area contributed by atoms with Crippen LogP contribution < -0.4 is 5.73 Å². The van der Waals surface area contributed by atoms with Gasteiger partial charge in [-0.2, -0.15) is 0 Å². The number of hydrogen-bond donors (Lipinski definition) is 3. The monoisotopic (exact) mass is 248 g/mol. The van der Waals surface area contributed by atoms with E-state index in [0.717, 1.165) is 34.8 Å². The first-order valence-corrected chi connectivity index (χ1v) is 6.65. The molecule has 0 saturated carbocycles. The number of nitrogens with one attached hydrogen (secondary N) is 2. The Morgan fingerprint density at radius 1 is 1.35 bits per heavy atom. The van der Waals surface area contributed by atoms with Crippen molar-refractivity contribution in [2.75, 3.05) is 5.75 Å². The third-order valence-electron chi connectivity index (χ3n) is 2.45. The van der Waals surface area contributed by atoms with E-state index >= 15 is 0 Å². The summed E-state index contributed by atoms with van der Waals surface area (Å²) < 4.78 is 0. The van der Waals surface area contributed by atoms with Gasteiger partial charge >= 0.3 is 0 Å². The van der Waals surface area contributed by atoms with Crippen molar-refractivity contribution in [2.45, 2.75) is 24.4 Å². The summed E-state index contributed by atoms with van der Waals surface area (Å²) in [6.07, 6.45) is 2.73. The summed E-state index contributed by atoms with van der Waals surface area (Å²) in [7, 11) is 0. The smallest absolute Gasteiger partial charge is 0.166 e. The lowest BCUT2D eigenvalue weighted by Crippen LogP contribution is -2.08. The first-order chi connectivity index (χ1) is 8.25. The standard InChI is InChI=1S/C12H16N4S/c13-11(14)7-3-4-8-17-12-15-9-5-1-2-6-10(9)16-12/h1-2,5-6H,3-4,7-8H2,(H3,13,14)(H,15,16). The Morgan fingerprint density at radius 2 is 2.18 bits per heavy atom. The minimum absolute atomic E-state index is 0.277. The molecule has 0 atom stereocenters. The van der Waals surface area contributed by atoms with E-state index in [1.165, 1.54) is 0 Å². The largest absolute Gasteiger partial charge is 0.388 e. The van der Waals surface area contributed by atoms with Crippen molar-refractivity contribution in [3.05, 3.63) is 24.3 Å². The summed E-state index contributed by atoms with van der Waals surface area (Å²) in [6.45, 7) is 0. The average Bonchev–Trinajstić information content (AvgIpc) is 2.70. The van der Waals surface area contributed by atoms with Gasteiger partial charge < -0.3 is 10.7 Å². The fourth-order valence-corrected chi connectivity index (χ4v) is 2.47. The number of amidine groups is 1. The molecule has 90 valence electrons. The molecule has 5 heteroatoms. The summed E-state index contributed by atoms with van der Waals surface area (Å²) >= 11 is 1.72. The van der Waals surface area contributed by atoms with Crippen molar-refractivity contribution in [3.8, 4) is 0 Å². The zero-order valence-corrected chi connectivity index (χ0v) is 10.4. The Kier molecular flexibility index (Phi) is 4.03. The molecule has 1 aromatic carbocycles. The van der Waals surface area contributed by atoms with Crippen LogP contribution in [0.5, 0.6) is 0 Å². The first kappa shape index (κ1) is 12.0. The zero-order chi connectivity index (χ0) is 12.1. The second-order valence-corrected chi connectivity index (χ2v) is 4.97. The molecule has 17 heavy (non-hydrogen) atoms. The van der Waals surface area contributed by atoms with Crippen molar-refractivity contribution in [2.24, 2.45) is 5.73 Å². The van der Waals surface area contributed by atoms with Crippen LogP contribution in [0.25, 0.3) is 11.0 Å². The van der Waals surface area contributed by atoms with E-state index in [2.05, 4.69) is 9.97 Å². The molecule has 0 aliphatic carbocycles. The van der Waals surface area contributed by atoms with E-state index in [-0.39, 0.29) is 5.84 Å². The number of benzene rings is 1. The first-order valence-electron chi connectivity index (χ1n) is 5.66. The zero-order valence-electron chi connectivity index (χ0n) is 9.57. The van der Waals surface area contributed by atoms with Crippen LogP contribution in [0, 0.1) is 5.41 Å². The quantitative estimate of drug-likeness (QED) is 0.318. The number of hydrogen-bond acceptors (Lipinski definition) is 3. The molecule has 1 heterocycles. The van der Waals surface area contributed by atoms with Gasteiger partial charge in [0.25, 0.3) is 0 Å². The van der Waals surface area contributed by atoms with Crippen LogP contribution in [0.15, 0.2) is 29.4 Å². The highest BCUT2D eigenvalue weighted by atomic mass is 32.2. The highest BCUT2D eigenvalue weighted by Gasteiger charge is 2.01. The van der Waals surface area contributed by atoms with Gasteiger partial charge in [-0.25, -0.2) is 4.98 Å². The van der Waals surface area contributed by atoms with E-state index in [1.807, 2.05) is 24.3 Å². The number of thioether (sulfide) groups is 1.